The summed E-state index contributed by atoms with van der Waals surface area (Å²) in [5, 5.41) is 2.31. The number of benzene rings is 2. The Morgan fingerprint density at radius 1 is 1.11 bits per heavy atom. The van der Waals surface area contributed by atoms with Crippen LogP contribution in [0.3, 0.4) is 0 Å². The molecule has 0 fully saturated rings. The van der Waals surface area contributed by atoms with Gasteiger partial charge in [-0.3, -0.25) is 4.79 Å². The highest BCUT2D eigenvalue weighted by atomic mass is 35.5. The molecule has 146 valence electrons. The summed E-state index contributed by atoms with van der Waals surface area (Å²) >= 11 is 5.77. The third kappa shape index (κ3) is 5.44. The highest BCUT2D eigenvalue weighted by Crippen LogP contribution is 2.33. The molecule has 0 aliphatic carbocycles. The van der Waals surface area contributed by atoms with Crippen molar-refractivity contribution in [2.75, 3.05) is 6.54 Å². The van der Waals surface area contributed by atoms with Gasteiger partial charge in [-0.05, 0) is 42.8 Å². The summed E-state index contributed by atoms with van der Waals surface area (Å²) in [5.74, 6) is -0.264. The smallest absolute Gasteiger partial charge is 0.352 e. The van der Waals surface area contributed by atoms with Gasteiger partial charge in [0.2, 0.25) is 10.0 Å². The fourth-order valence-electron chi connectivity index (χ4n) is 2.18. The predicted molar refractivity (Wildman–Crippen MR) is 94.9 cm³/mol. The van der Waals surface area contributed by atoms with Gasteiger partial charge in [-0.25, -0.2) is 13.1 Å². The summed E-state index contributed by atoms with van der Waals surface area (Å²) in [6.45, 7) is 2.07. The van der Waals surface area contributed by atoms with Crippen LogP contribution in [0.5, 0.6) is 0 Å². The molecule has 0 saturated heterocycles. The monoisotopic (exact) mass is 420 g/mol. The van der Waals surface area contributed by atoms with Crippen molar-refractivity contribution in [1.29, 1.82) is 0 Å². The van der Waals surface area contributed by atoms with E-state index in [9.17, 15) is 26.4 Å². The first-order valence-corrected chi connectivity index (χ1v) is 9.64. The summed E-state index contributed by atoms with van der Waals surface area (Å²) < 4.78 is 65.3. The number of hydrogen-bond acceptors (Lipinski definition) is 3. The maximum atomic E-state index is 12.8. The maximum absolute atomic E-state index is 12.8. The Kier molecular flexibility index (Phi) is 6.50. The van der Waals surface area contributed by atoms with Crippen molar-refractivity contribution in [1.82, 2.24) is 10.0 Å². The summed E-state index contributed by atoms with van der Waals surface area (Å²) in [6, 6.07) is 8.21. The minimum Gasteiger partial charge on any atom is -0.352 e. The number of alkyl halides is 3. The number of halogens is 4. The topological polar surface area (TPSA) is 75.3 Å². The minimum absolute atomic E-state index is 0.176. The van der Waals surface area contributed by atoms with E-state index in [1.54, 1.807) is 19.1 Å². The van der Waals surface area contributed by atoms with Crippen molar-refractivity contribution in [2.45, 2.75) is 24.5 Å². The van der Waals surface area contributed by atoms with Gasteiger partial charge in [-0.15, -0.1) is 0 Å². The van der Waals surface area contributed by atoms with Crippen LogP contribution in [0.4, 0.5) is 13.2 Å². The standard InChI is InChI=1S/C17H16ClF3N2O3S/c1-2-22-16(24)12-5-3-11(4-6-12)10-23-27(25,26)15-9-13(17(19,20)21)7-8-14(15)18/h3-9,23H,2,10H2,1H3,(H,22,24). The second-order valence-corrected chi connectivity index (χ2v) is 7.67. The lowest BCUT2D eigenvalue weighted by Gasteiger charge is -2.12. The van der Waals surface area contributed by atoms with Crippen LogP contribution in [0.15, 0.2) is 47.4 Å². The van der Waals surface area contributed by atoms with Crippen LogP contribution in [0.1, 0.15) is 28.4 Å². The molecule has 2 aromatic carbocycles. The Morgan fingerprint density at radius 3 is 2.30 bits per heavy atom. The Hall–Kier alpha value is -2.10. The van der Waals surface area contributed by atoms with E-state index in [0.717, 1.165) is 6.07 Å². The molecule has 2 rings (SSSR count). The van der Waals surface area contributed by atoms with Gasteiger partial charge in [0.05, 0.1) is 10.6 Å². The second-order valence-electron chi connectivity index (χ2n) is 5.52. The van der Waals surface area contributed by atoms with Crippen LogP contribution >= 0.6 is 11.6 Å². The maximum Gasteiger partial charge on any atom is 0.416 e. The minimum atomic E-state index is -4.69. The lowest BCUT2D eigenvalue weighted by atomic mass is 10.1. The van der Waals surface area contributed by atoms with Gasteiger partial charge in [0.1, 0.15) is 4.90 Å². The number of rotatable bonds is 6. The van der Waals surface area contributed by atoms with E-state index in [-0.39, 0.29) is 17.5 Å². The average Bonchev–Trinajstić information content (AvgIpc) is 2.60. The van der Waals surface area contributed by atoms with Gasteiger partial charge in [0, 0.05) is 18.7 Å². The molecule has 10 heteroatoms. The number of carbonyl (C=O) groups excluding carboxylic acids is 1. The summed E-state index contributed by atoms with van der Waals surface area (Å²) in [6.07, 6.45) is -4.69. The van der Waals surface area contributed by atoms with Crippen molar-refractivity contribution in [2.24, 2.45) is 0 Å². The molecule has 1 amide bonds. The van der Waals surface area contributed by atoms with E-state index < -0.39 is 26.7 Å². The van der Waals surface area contributed by atoms with Crippen LogP contribution in [0.25, 0.3) is 0 Å². The molecule has 0 aliphatic rings. The Morgan fingerprint density at radius 2 is 1.74 bits per heavy atom. The Bertz CT molecular complexity index is 929. The molecule has 0 bridgehead atoms. The summed E-state index contributed by atoms with van der Waals surface area (Å²) in [5.41, 5.74) is -0.183. The van der Waals surface area contributed by atoms with E-state index in [1.807, 2.05) is 0 Å². The number of hydrogen-bond donors (Lipinski definition) is 2. The third-order valence-corrected chi connectivity index (χ3v) is 5.45. The molecule has 2 aromatic rings. The first kappa shape index (κ1) is 21.2. The van der Waals surface area contributed by atoms with Crippen molar-refractivity contribution in [3.63, 3.8) is 0 Å². The Balaban J connectivity index is 2.17. The summed E-state index contributed by atoms with van der Waals surface area (Å²) in [7, 11) is -4.27. The largest absolute Gasteiger partial charge is 0.416 e. The third-order valence-electron chi connectivity index (χ3n) is 3.57. The molecule has 27 heavy (non-hydrogen) atoms. The van der Waals surface area contributed by atoms with Gasteiger partial charge in [-0.1, -0.05) is 23.7 Å². The number of nitrogens with one attached hydrogen (secondary N) is 2. The second kappa shape index (κ2) is 8.28. The molecule has 0 saturated carbocycles. The first-order valence-electron chi connectivity index (χ1n) is 7.78. The molecule has 0 radical (unpaired) electrons. The van der Waals surface area contributed by atoms with E-state index in [0.29, 0.717) is 29.8 Å². The van der Waals surface area contributed by atoms with Crippen molar-refractivity contribution < 1.29 is 26.4 Å². The Labute approximate surface area is 159 Å². The van der Waals surface area contributed by atoms with Crippen LogP contribution in [-0.4, -0.2) is 20.9 Å². The van der Waals surface area contributed by atoms with Crippen molar-refractivity contribution in [3.05, 3.63) is 64.2 Å². The zero-order valence-corrected chi connectivity index (χ0v) is 15.7. The molecule has 0 spiro atoms. The van der Waals surface area contributed by atoms with Crippen molar-refractivity contribution in [3.8, 4) is 0 Å². The molecule has 0 aromatic heterocycles. The van der Waals surface area contributed by atoms with Gasteiger partial charge in [-0.2, -0.15) is 13.2 Å². The molecular weight excluding hydrogens is 405 g/mol. The highest BCUT2D eigenvalue weighted by molar-refractivity contribution is 7.89. The molecule has 0 heterocycles. The fourth-order valence-corrected chi connectivity index (χ4v) is 3.72. The van der Waals surface area contributed by atoms with E-state index in [1.165, 1.54) is 12.1 Å². The van der Waals surface area contributed by atoms with Crippen LogP contribution in [0.2, 0.25) is 5.02 Å². The van der Waals surface area contributed by atoms with Gasteiger partial charge in [0.25, 0.3) is 5.91 Å². The van der Waals surface area contributed by atoms with Crippen LogP contribution in [-0.2, 0) is 22.7 Å². The number of sulfonamides is 1. The highest BCUT2D eigenvalue weighted by Gasteiger charge is 2.32. The quantitative estimate of drug-likeness (QED) is 0.750. The molecule has 2 N–H and O–H groups in total. The molecule has 0 aliphatic heterocycles. The molecular formula is C17H16ClF3N2O3S. The number of amides is 1. The lowest BCUT2D eigenvalue weighted by molar-refractivity contribution is -0.137. The molecule has 0 unspecified atom stereocenters. The molecule has 0 atom stereocenters. The zero-order valence-electron chi connectivity index (χ0n) is 14.1. The van der Waals surface area contributed by atoms with Gasteiger partial charge >= 0.3 is 6.18 Å². The van der Waals surface area contributed by atoms with Gasteiger partial charge < -0.3 is 5.32 Å². The van der Waals surface area contributed by atoms with Crippen molar-refractivity contribution >= 4 is 27.5 Å². The number of carbonyl (C=O) groups is 1. The average molecular weight is 421 g/mol. The van der Waals surface area contributed by atoms with E-state index in [4.69, 9.17) is 11.6 Å². The first-order chi connectivity index (χ1) is 12.5. The molecule has 5 nitrogen and oxygen atoms in total. The summed E-state index contributed by atoms with van der Waals surface area (Å²) in [4.78, 5) is 11.0. The predicted octanol–water partition coefficient (Wildman–Crippen LogP) is 3.59. The van der Waals surface area contributed by atoms with E-state index >= 15 is 0 Å². The lowest BCUT2D eigenvalue weighted by Crippen LogP contribution is -2.24. The zero-order chi connectivity index (χ0) is 20.2. The normalized spacial score (nSPS) is 12.0. The van der Waals surface area contributed by atoms with Crippen LogP contribution < -0.4 is 10.0 Å². The SMILES string of the molecule is CCNC(=O)c1ccc(CNS(=O)(=O)c2cc(C(F)(F)F)ccc2Cl)cc1. The van der Waals surface area contributed by atoms with Crippen LogP contribution in [0, 0.1) is 0 Å². The van der Waals surface area contributed by atoms with E-state index in [2.05, 4.69) is 10.0 Å². The fraction of sp³-hybridized carbons (Fsp3) is 0.235. The van der Waals surface area contributed by atoms with Gasteiger partial charge in [0.15, 0.2) is 0 Å².